The number of nitrogens with zero attached hydrogens (tertiary/aromatic N) is 5. The van der Waals surface area contributed by atoms with Gasteiger partial charge in [0, 0.05) is 39.0 Å². The normalized spacial score (nSPS) is 22.3. The number of fused-ring (bicyclic) bond motifs is 2. The van der Waals surface area contributed by atoms with E-state index in [1.165, 1.54) is 22.7 Å². The summed E-state index contributed by atoms with van der Waals surface area (Å²) in [4.78, 5) is 14.6. The lowest BCUT2D eigenvalue weighted by Crippen LogP contribution is -2.47. The summed E-state index contributed by atoms with van der Waals surface area (Å²) in [5.74, 6) is -0.249. The molecule has 32 heavy (non-hydrogen) atoms. The zero-order chi connectivity index (χ0) is 23.3. The number of aryl methyl sites for hydroxylation is 1. The van der Waals surface area contributed by atoms with E-state index < -0.39 is 16.1 Å². The SMILES string of the molecule is C[C@H](CO)N1C[C@H](C)[C@H](CN(C)S(=O)(=O)c2cccs2)OCc2cn(nn2)CCCC1=O. The van der Waals surface area contributed by atoms with Crippen molar-refractivity contribution in [2.24, 2.45) is 5.92 Å². The minimum Gasteiger partial charge on any atom is -0.394 e. The first-order chi connectivity index (χ1) is 15.2. The molecule has 1 N–H and O–H groups in total. The summed E-state index contributed by atoms with van der Waals surface area (Å²) in [7, 11) is -2.11. The van der Waals surface area contributed by atoms with Crippen molar-refractivity contribution in [1.29, 1.82) is 0 Å². The molecule has 0 saturated carbocycles. The van der Waals surface area contributed by atoms with Gasteiger partial charge in [-0.05, 0) is 24.8 Å². The van der Waals surface area contributed by atoms with Crippen LogP contribution >= 0.6 is 11.3 Å². The van der Waals surface area contributed by atoms with E-state index in [1.54, 1.807) is 40.2 Å². The third-order valence-electron chi connectivity index (χ3n) is 5.64. The van der Waals surface area contributed by atoms with Crippen LogP contribution in [0.4, 0.5) is 0 Å². The second-order valence-electron chi connectivity index (χ2n) is 8.20. The van der Waals surface area contributed by atoms with Crippen LogP contribution in [0, 0.1) is 5.92 Å². The summed E-state index contributed by atoms with van der Waals surface area (Å²) in [6.45, 7) is 4.79. The predicted molar refractivity (Wildman–Crippen MR) is 119 cm³/mol. The van der Waals surface area contributed by atoms with Crippen molar-refractivity contribution in [1.82, 2.24) is 24.2 Å². The molecule has 1 aliphatic heterocycles. The highest BCUT2D eigenvalue weighted by molar-refractivity contribution is 7.91. The maximum absolute atomic E-state index is 12.9. The molecule has 0 aromatic carbocycles. The van der Waals surface area contributed by atoms with Crippen LogP contribution in [0.5, 0.6) is 0 Å². The van der Waals surface area contributed by atoms with Gasteiger partial charge in [0.2, 0.25) is 5.91 Å². The first-order valence-corrected chi connectivity index (χ1v) is 12.9. The Bertz CT molecular complexity index is 978. The van der Waals surface area contributed by atoms with Gasteiger partial charge in [-0.15, -0.1) is 16.4 Å². The van der Waals surface area contributed by atoms with Gasteiger partial charge in [-0.25, -0.2) is 8.42 Å². The fourth-order valence-electron chi connectivity index (χ4n) is 3.61. The van der Waals surface area contributed by atoms with Gasteiger partial charge in [-0.2, -0.15) is 4.31 Å². The number of carbonyl (C=O) groups excluding carboxylic acids is 1. The van der Waals surface area contributed by atoms with Crippen LogP contribution < -0.4 is 0 Å². The molecular formula is C20H31N5O5S2. The van der Waals surface area contributed by atoms with E-state index in [1.807, 2.05) is 6.92 Å². The Morgan fingerprint density at radius 1 is 1.44 bits per heavy atom. The van der Waals surface area contributed by atoms with Gasteiger partial charge in [0.15, 0.2) is 0 Å². The van der Waals surface area contributed by atoms with Crippen molar-refractivity contribution in [2.75, 3.05) is 26.7 Å². The molecule has 0 spiro atoms. The fourth-order valence-corrected chi connectivity index (χ4v) is 5.99. The van der Waals surface area contributed by atoms with Crippen molar-refractivity contribution >= 4 is 27.3 Å². The zero-order valence-electron chi connectivity index (χ0n) is 18.6. The van der Waals surface area contributed by atoms with E-state index in [-0.39, 0.29) is 41.8 Å². The Balaban J connectivity index is 1.84. The lowest BCUT2D eigenvalue weighted by Gasteiger charge is -2.35. The number of aliphatic hydroxyl groups is 1. The van der Waals surface area contributed by atoms with Gasteiger partial charge in [-0.3, -0.25) is 9.48 Å². The maximum atomic E-state index is 12.9. The largest absolute Gasteiger partial charge is 0.394 e. The van der Waals surface area contributed by atoms with Gasteiger partial charge < -0.3 is 14.7 Å². The monoisotopic (exact) mass is 485 g/mol. The Hall–Kier alpha value is -1.86. The molecule has 0 aliphatic carbocycles. The van der Waals surface area contributed by atoms with E-state index in [2.05, 4.69) is 10.3 Å². The van der Waals surface area contributed by atoms with Crippen LogP contribution in [0.1, 0.15) is 32.4 Å². The van der Waals surface area contributed by atoms with E-state index in [0.29, 0.717) is 31.6 Å². The summed E-state index contributed by atoms with van der Waals surface area (Å²) in [6, 6.07) is 2.93. The smallest absolute Gasteiger partial charge is 0.252 e. The van der Waals surface area contributed by atoms with E-state index in [0.717, 1.165) is 0 Å². The molecule has 0 radical (unpaired) electrons. The second kappa shape index (κ2) is 10.8. The highest BCUT2D eigenvalue weighted by Crippen LogP contribution is 2.23. The van der Waals surface area contributed by atoms with Crippen LogP contribution in [0.15, 0.2) is 27.9 Å². The molecule has 178 valence electrons. The molecule has 0 unspecified atom stereocenters. The Kier molecular flexibility index (Phi) is 8.39. The number of aliphatic hydroxyl groups excluding tert-OH is 1. The molecule has 3 rings (SSSR count). The molecule has 2 bridgehead atoms. The lowest BCUT2D eigenvalue weighted by molar-refractivity contribution is -0.136. The number of hydrogen-bond acceptors (Lipinski definition) is 8. The van der Waals surface area contributed by atoms with Crippen LogP contribution in [0.25, 0.3) is 0 Å². The van der Waals surface area contributed by atoms with Gasteiger partial charge in [0.05, 0.1) is 31.6 Å². The van der Waals surface area contributed by atoms with E-state index in [4.69, 9.17) is 4.74 Å². The molecule has 2 aromatic heterocycles. The summed E-state index contributed by atoms with van der Waals surface area (Å²) in [5.41, 5.74) is 0.650. The number of carbonyl (C=O) groups is 1. The van der Waals surface area contributed by atoms with Crippen molar-refractivity contribution in [3.8, 4) is 0 Å². The minimum absolute atomic E-state index is 0.0590. The predicted octanol–water partition coefficient (Wildman–Crippen LogP) is 1.18. The first kappa shape index (κ1) is 24.8. The van der Waals surface area contributed by atoms with Gasteiger partial charge >= 0.3 is 0 Å². The molecule has 3 atom stereocenters. The molecular weight excluding hydrogens is 454 g/mol. The number of sulfonamides is 1. The number of likely N-dealkylation sites (N-methyl/N-ethyl adjacent to an activating group) is 1. The van der Waals surface area contributed by atoms with Crippen molar-refractivity contribution in [3.05, 3.63) is 29.4 Å². The number of amides is 1. The molecule has 2 aromatic rings. The van der Waals surface area contributed by atoms with Crippen molar-refractivity contribution in [3.63, 3.8) is 0 Å². The second-order valence-corrected chi connectivity index (χ2v) is 11.4. The standard InChI is InChI=1S/C20H31N5O5S2/c1-15-10-25(16(2)13-26)19(27)6-4-8-24-11-17(21-22-24)14-30-18(15)12-23(3)32(28,29)20-7-5-9-31-20/h5,7,9,11,15-16,18,26H,4,6,8,10,12-14H2,1-3H3/t15-,16+,18-/m0/s1. The number of aromatic nitrogens is 3. The van der Waals surface area contributed by atoms with Crippen molar-refractivity contribution < 1.29 is 23.1 Å². The molecule has 0 saturated heterocycles. The quantitative estimate of drug-likeness (QED) is 0.653. The summed E-state index contributed by atoms with van der Waals surface area (Å²) >= 11 is 1.17. The minimum atomic E-state index is -3.64. The highest BCUT2D eigenvalue weighted by Gasteiger charge is 2.31. The van der Waals surface area contributed by atoms with E-state index in [9.17, 15) is 18.3 Å². The maximum Gasteiger partial charge on any atom is 0.252 e. The topological polar surface area (TPSA) is 118 Å². The van der Waals surface area contributed by atoms with Gasteiger partial charge in [0.1, 0.15) is 9.90 Å². The Morgan fingerprint density at radius 2 is 2.22 bits per heavy atom. The molecule has 1 aliphatic rings. The molecule has 10 nitrogen and oxygen atoms in total. The fraction of sp³-hybridized carbons (Fsp3) is 0.650. The summed E-state index contributed by atoms with van der Waals surface area (Å²) < 4.78 is 35.2. The van der Waals surface area contributed by atoms with Crippen LogP contribution in [0.3, 0.4) is 0 Å². The zero-order valence-corrected chi connectivity index (χ0v) is 20.3. The van der Waals surface area contributed by atoms with Crippen LogP contribution in [-0.2, 0) is 32.7 Å². The number of ether oxygens (including phenoxy) is 1. The van der Waals surface area contributed by atoms with Crippen molar-refractivity contribution in [2.45, 2.75) is 56.2 Å². The molecule has 0 fully saturated rings. The summed E-state index contributed by atoms with van der Waals surface area (Å²) in [6.07, 6.45) is 2.22. The Labute approximate surface area is 192 Å². The number of hydrogen-bond donors (Lipinski definition) is 1. The van der Waals surface area contributed by atoms with Gasteiger partial charge in [-0.1, -0.05) is 18.2 Å². The third-order valence-corrected chi connectivity index (χ3v) is 8.84. The lowest BCUT2D eigenvalue weighted by atomic mass is 10.0. The number of thiophene rings is 1. The molecule has 1 amide bonds. The van der Waals surface area contributed by atoms with E-state index >= 15 is 0 Å². The average molecular weight is 486 g/mol. The summed E-state index contributed by atoms with van der Waals surface area (Å²) in [5, 5.41) is 19.6. The highest BCUT2D eigenvalue weighted by atomic mass is 32.2. The molecule has 3 heterocycles. The Morgan fingerprint density at radius 3 is 2.91 bits per heavy atom. The average Bonchev–Trinajstić information content (AvgIpc) is 3.46. The van der Waals surface area contributed by atoms with Gasteiger partial charge in [0.25, 0.3) is 10.0 Å². The van der Waals surface area contributed by atoms with Crippen LogP contribution in [-0.4, -0.2) is 82.5 Å². The number of rotatable bonds is 6. The molecule has 12 heteroatoms. The van der Waals surface area contributed by atoms with Crippen LogP contribution in [0.2, 0.25) is 0 Å². The third kappa shape index (κ3) is 5.93. The first-order valence-electron chi connectivity index (χ1n) is 10.6.